The summed E-state index contributed by atoms with van der Waals surface area (Å²) in [6, 6.07) is 1.38. The van der Waals surface area contributed by atoms with E-state index in [0.717, 1.165) is 37.7 Å². The maximum atomic E-state index is 15.4. The van der Waals surface area contributed by atoms with Gasteiger partial charge in [0.1, 0.15) is 6.04 Å². The van der Waals surface area contributed by atoms with Gasteiger partial charge in [-0.2, -0.15) is 0 Å². The van der Waals surface area contributed by atoms with E-state index in [9.17, 15) is 19.5 Å². The molecule has 1 amide bonds. The van der Waals surface area contributed by atoms with E-state index in [2.05, 4.69) is 12.2 Å². The second kappa shape index (κ2) is 11.1. The van der Waals surface area contributed by atoms with Crippen molar-refractivity contribution >= 4 is 11.9 Å². The molecule has 0 spiro atoms. The van der Waals surface area contributed by atoms with Crippen LogP contribution in [0.25, 0.3) is 11.3 Å². The predicted molar refractivity (Wildman–Crippen MR) is 149 cm³/mol. The van der Waals surface area contributed by atoms with Gasteiger partial charge in [0, 0.05) is 28.8 Å². The number of carboxylic acid groups (broad SMARTS) is 1. The summed E-state index contributed by atoms with van der Waals surface area (Å²) in [5.74, 6) is -1.24. The highest BCUT2D eigenvalue weighted by Crippen LogP contribution is 2.40. The first-order valence-corrected chi connectivity index (χ1v) is 14.0. The number of hydrogen-bond donors (Lipinski definition) is 2. The Bertz CT molecular complexity index is 1330. The summed E-state index contributed by atoms with van der Waals surface area (Å²) in [6.07, 6.45) is 5.32. The van der Waals surface area contributed by atoms with Crippen LogP contribution in [0.5, 0.6) is 5.75 Å². The van der Waals surface area contributed by atoms with Crippen LogP contribution < -0.4 is 15.6 Å². The molecule has 0 bridgehead atoms. The molecule has 1 aliphatic carbocycles. The minimum absolute atomic E-state index is 0.0201. The average molecular weight is 541 g/mol. The van der Waals surface area contributed by atoms with E-state index in [1.807, 2.05) is 27.7 Å². The van der Waals surface area contributed by atoms with Gasteiger partial charge in [-0.3, -0.25) is 14.2 Å². The maximum Gasteiger partial charge on any atom is 0.326 e. The number of nitrogens with one attached hydrogen (secondary N) is 1. The van der Waals surface area contributed by atoms with Crippen LogP contribution in [-0.2, 0) is 11.2 Å². The molecule has 1 saturated carbocycles. The Labute approximate surface area is 229 Å². The lowest BCUT2D eigenvalue weighted by molar-refractivity contribution is -0.141. The van der Waals surface area contributed by atoms with Crippen molar-refractivity contribution in [3.8, 4) is 17.0 Å². The van der Waals surface area contributed by atoms with E-state index in [-0.39, 0.29) is 35.4 Å². The van der Waals surface area contributed by atoms with Crippen LogP contribution in [0.2, 0.25) is 0 Å². The van der Waals surface area contributed by atoms with Crippen LogP contribution in [0.4, 0.5) is 4.39 Å². The molecule has 2 heterocycles. The molecule has 8 heteroatoms. The Hall–Kier alpha value is -3.16. The van der Waals surface area contributed by atoms with Gasteiger partial charge < -0.3 is 15.2 Å². The number of amides is 1. The number of carbonyl (C=O) groups excluding carboxylic acids is 1. The summed E-state index contributed by atoms with van der Waals surface area (Å²) >= 11 is 0. The maximum absolute atomic E-state index is 15.4. The van der Waals surface area contributed by atoms with Gasteiger partial charge in [-0.05, 0) is 87.3 Å². The van der Waals surface area contributed by atoms with E-state index >= 15 is 4.39 Å². The number of nitrogens with zero attached hydrogens (tertiary/aromatic N) is 1. The van der Waals surface area contributed by atoms with Gasteiger partial charge in [-0.1, -0.05) is 27.7 Å². The summed E-state index contributed by atoms with van der Waals surface area (Å²) in [5, 5.41) is 13.4. The number of halogens is 1. The molecule has 1 fully saturated rings. The Kier molecular flexibility index (Phi) is 8.24. The number of aromatic nitrogens is 1. The van der Waals surface area contributed by atoms with Crippen molar-refractivity contribution in [1.82, 2.24) is 9.88 Å². The Morgan fingerprint density at radius 3 is 2.44 bits per heavy atom. The molecule has 1 aromatic carbocycles. The van der Waals surface area contributed by atoms with Gasteiger partial charge in [0.15, 0.2) is 11.6 Å². The minimum atomic E-state index is -1.20. The lowest BCUT2D eigenvalue weighted by Crippen LogP contribution is -2.39. The zero-order valence-corrected chi connectivity index (χ0v) is 23.9. The van der Waals surface area contributed by atoms with Gasteiger partial charge >= 0.3 is 5.97 Å². The van der Waals surface area contributed by atoms with Crippen LogP contribution in [0.15, 0.2) is 16.9 Å². The summed E-state index contributed by atoms with van der Waals surface area (Å²) in [6.45, 7) is 11.9. The van der Waals surface area contributed by atoms with Gasteiger partial charge in [-0.15, -0.1) is 0 Å². The number of rotatable bonds is 6. The molecule has 2 aromatic rings. The zero-order valence-electron chi connectivity index (χ0n) is 23.9. The Morgan fingerprint density at radius 1 is 1.15 bits per heavy atom. The van der Waals surface area contributed by atoms with Crippen LogP contribution in [0.1, 0.15) is 99.3 Å². The van der Waals surface area contributed by atoms with Gasteiger partial charge in [0.25, 0.3) is 11.5 Å². The number of carboxylic acids is 1. The highest BCUT2D eigenvalue weighted by molar-refractivity contribution is 5.97. The van der Waals surface area contributed by atoms with Gasteiger partial charge in [0.05, 0.1) is 12.3 Å². The average Bonchev–Trinajstić information content (AvgIpc) is 2.86. The Balaban J connectivity index is 1.93. The largest absolute Gasteiger partial charge is 0.490 e. The quantitative estimate of drug-likeness (QED) is 0.471. The van der Waals surface area contributed by atoms with Crippen molar-refractivity contribution in [2.75, 3.05) is 6.61 Å². The van der Waals surface area contributed by atoms with E-state index < -0.39 is 28.8 Å². The van der Waals surface area contributed by atoms with Crippen molar-refractivity contribution < 1.29 is 23.8 Å². The second-order valence-electron chi connectivity index (χ2n) is 12.6. The molecule has 7 nitrogen and oxygen atoms in total. The highest BCUT2D eigenvalue weighted by Gasteiger charge is 2.33. The lowest BCUT2D eigenvalue weighted by atomic mass is 9.86. The zero-order chi connectivity index (χ0) is 28.6. The number of carbonyl (C=O) groups is 2. The molecule has 212 valence electrons. The second-order valence-corrected chi connectivity index (χ2v) is 12.6. The molecule has 1 aliphatic heterocycles. The molecule has 1 atom stereocenters. The monoisotopic (exact) mass is 540 g/mol. The molecule has 0 radical (unpaired) electrons. The first kappa shape index (κ1) is 28.8. The van der Waals surface area contributed by atoms with Gasteiger partial charge in [-0.25, -0.2) is 9.18 Å². The van der Waals surface area contributed by atoms with Crippen LogP contribution in [0, 0.1) is 31.0 Å². The molecule has 1 unspecified atom stereocenters. The molecular weight excluding hydrogens is 499 g/mol. The standard InChI is InChI=1S/C31H41FN2O5/c1-17-9-11-20(12-10-17)33-29(36)23-15-26(35)34(25(30(37)38)16-31(4,5)6)27(19(23)3)22-14-24(32)28-21(18(22)2)8-7-13-39-28/h14-15,17,20,25H,7-13,16H2,1-6H3,(H,33,36)(H,37,38)/t17-,20-,25?. The molecule has 2 N–H and O–H groups in total. The molecule has 0 saturated heterocycles. The van der Waals surface area contributed by atoms with Crippen molar-refractivity contribution in [3.63, 3.8) is 0 Å². The third-order valence-corrected chi connectivity index (χ3v) is 8.19. The van der Waals surface area contributed by atoms with E-state index in [1.165, 1.54) is 16.7 Å². The predicted octanol–water partition coefficient (Wildman–Crippen LogP) is 5.97. The number of aliphatic carboxylic acids is 1. The summed E-state index contributed by atoms with van der Waals surface area (Å²) in [4.78, 5) is 39.8. The van der Waals surface area contributed by atoms with E-state index in [4.69, 9.17) is 4.74 Å². The fraction of sp³-hybridized carbons (Fsp3) is 0.581. The van der Waals surface area contributed by atoms with Gasteiger partial charge in [0.2, 0.25) is 0 Å². The number of hydrogen-bond acceptors (Lipinski definition) is 4. The normalized spacial score (nSPS) is 20.1. The third-order valence-electron chi connectivity index (χ3n) is 8.19. The molecule has 1 aromatic heterocycles. The van der Waals surface area contributed by atoms with Crippen molar-refractivity contribution in [1.29, 1.82) is 0 Å². The first-order chi connectivity index (χ1) is 18.3. The Morgan fingerprint density at radius 2 is 1.82 bits per heavy atom. The summed E-state index contributed by atoms with van der Waals surface area (Å²) < 4.78 is 22.2. The van der Waals surface area contributed by atoms with E-state index in [0.29, 0.717) is 35.6 Å². The highest BCUT2D eigenvalue weighted by atomic mass is 19.1. The third kappa shape index (κ3) is 6.04. The fourth-order valence-corrected chi connectivity index (χ4v) is 6.04. The fourth-order valence-electron chi connectivity index (χ4n) is 6.04. The minimum Gasteiger partial charge on any atom is -0.490 e. The van der Waals surface area contributed by atoms with Crippen molar-refractivity contribution in [2.24, 2.45) is 11.3 Å². The molecule has 39 heavy (non-hydrogen) atoms. The lowest BCUT2D eigenvalue weighted by Gasteiger charge is -2.30. The first-order valence-electron chi connectivity index (χ1n) is 14.0. The number of pyridine rings is 1. The van der Waals surface area contributed by atoms with Crippen molar-refractivity contribution in [2.45, 2.75) is 98.6 Å². The van der Waals surface area contributed by atoms with E-state index in [1.54, 1.807) is 6.92 Å². The summed E-state index contributed by atoms with van der Waals surface area (Å²) in [7, 11) is 0. The summed E-state index contributed by atoms with van der Waals surface area (Å²) in [5.41, 5.74) is 1.76. The molecule has 4 rings (SSSR count). The van der Waals surface area contributed by atoms with Crippen molar-refractivity contribution in [3.05, 3.63) is 50.6 Å². The SMILES string of the molecule is Cc1c(-c2c(C)c(C(=O)N[C@H]3CC[C@H](C)CC3)cc(=O)n2C(CC(C)(C)C)C(=O)O)cc(F)c2c1CCCO2. The topological polar surface area (TPSA) is 97.6 Å². The van der Waals surface area contributed by atoms with Crippen LogP contribution in [0.3, 0.4) is 0 Å². The molecular formula is C31H41FN2O5. The van der Waals surface area contributed by atoms with Crippen LogP contribution >= 0.6 is 0 Å². The van der Waals surface area contributed by atoms with Crippen LogP contribution in [-0.4, -0.2) is 34.2 Å². The number of benzene rings is 1. The molecule has 2 aliphatic rings. The number of ether oxygens (including phenoxy) is 1. The number of fused-ring (bicyclic) bond motifs is 1. The smallest absolute Gasteiger partial charge is 0.326 e.